The Hall–Kier alpha value is -1.45. The van der Waals surface area contributed by atoms with Crippen molar-refractivity contribution in [2.45, 2.75) is 26.7 Å². The number of nitrogen functional groups attached to an aromatic ring is 1. The number of hydrogen-bond donors (Lipinski definition) is 1. The molecule has 0 saturated heterocycles. The Labute approximate surface area is 102 Å². The molecule has 3 nitrogen and oxygen atoms in total. The van der Waals surface area contributed by atoms with Gasteiger partial charge in [0.25, 0.3) is 0 Å². The van der Waals surface area contributed by atoms with Gasteiger partial charge in [-0.1, -0.05) is 13.3 Å². The van der Waals surface area contributed by atoms with E-state index in [4.69, 9.17) is 10.5 Å². The molecule has 0 bridgehead atoms. The first-order valence-corrected chi connectivity index (χ1v) is 6.03. The average Bonchev–Trinajstić information content (AvgIpc) is 2.29. The van der Waals surface area contributed by atoms with E-state index in [0.717, 1.165) is 25.1 Å². The maximum atomic E-state index is 13.5. The quantitative estimate of drug-likeness (QED) is 0.777. The Balaban J connectivity index is 2.93. The highest BCUT2D eigenvalue weighted by atomic mass is 19.1. The van der Waals surface area contributed by atoms with E-state index in [2.05, 4.69) is 6.92 Å². The Morgan fingerprint density at radius 3 is 2.65 bits per heavy atom. The summed E-state index contributed by atoms with van der Waals surface area (Å²) in [5.74, 6) is -0.142. The smallest absolute Gasteiger partial charge is 0.167 e. The zero-order chi connectivity index (χ0) is 12.8. The third-order valence-corrected chi connectivity index (χ3v) is 2.64. The summed E-state index contributed by atoms with van der Waals surface area (Å²) in [6, 6.07) is 2.99. The standard InChI is InChI=1S/C13H21FN2O/c1-4-6-7-16(3)12-9-13(17-5-2)10(14)8-11(12)15/h8-9H,4-7,15H2,1-3H3. The van der Waals surface area contributed by atoms with Crippen LogP contribution in [0, 0.1) is 5.82 Å². The van der Waals surface area contributed by atoms with Gasteiger partial charge < -0.3 is 15.4 Å². The summed E-state index contributed by atoms with van der Waals surface area (Å²) >= 11 is 0. The highest BCUT2D eigenvalue weighted by Crippen LogP contribution is 2.30. The molecule has 1 aromatic carbocycles. The topological polar surface area (TPSA) is 38.5 Å². The molecule has 0 amide bonds. The van der Waals surface area contributed by atoms with Crippen LogP contribution in [0.2, 0.25) is 0 Å². The molecular formula is C13H21FN2O. The van der Waals surface area contributed by atoms with Gasteiger partial charge in [-0.2, -0.15) is 0 Å². The molecule has 1 rings (SSSR count). The van der Waals surface area contributed by atoms with Crippen LogP contribution >= 0.6 is 0 Å². The molecule has 0 aliphatic heterocycles. The van der Waals surface area contributed by atoms with Crippen molar-refractivity contribution < 1.29 is 9.13 Å². The highest BCUT2D eigenvalue weighted by molar-refractivity contribution is 5.69. The Morgan fingerprint density at radius 2 is 2.06 bits per heavy atom. The van der Waals surface area contributed by atoms with Crippen molar-refractivity contribution in [3.63, 3.8) is 0 Å². The molecule has 2 N–H and O–H groups in total. The van der Waals surface area contributed by atoms with Gasteiger partial charge >= 0.3 is 0 Å². The second-order valence-electron chi connectivity index (χ2n) is 4.05. The minimum absolute atomic E-state index is 0.264. The van der Waals surface area contributed by atoms with Crippen LogP contribution in [-0.4, -0.2) is 20.2 Å². The number of nitrogens with two attached hydrogens (primary N) is 1. The van der Waals surface area contributed by atoms with Gasteiger partial charge in [-0.05, 0) is 13.3 Å². The largest absolute Gasteiger partial charge is 0.491 e. The number of anilines is 2. The number of ether oxygens (including phenoxy) is 1. The normalized spacial score (nSPS) is 10.4. The third kappa shape index (κ3) is 3.51. The molecule has 4 heteroatoms. The molecule has 0 spiro atoms. The van der Waals surface area contributed by atoms with Gasteiger partial charge in [0.05, 0.1) is 18.0 Å². The Kier molecular flexibility index (Phi) is 5.07. The van der Waals surface area contributed by atoms with Crippen LogP contribution in [0.1, 0.15) is 26.7 Å². The molecule has 96 valence electrons. The molecule has 0 saturated carbocycles. The Bertz CT molecular complexity index is 369. The summed E-state index contributed by atoms with van der Waals surface area (Å²) < 4.78 is 18.7. The van der Waals surface area contributed by atoms with E-state index in [1.165, 1.54) is 6.07 Å². The molecule has 0 radical (unpaired) electrons. The van der Waals surface area contributed by atoms with Gasteiger partial charge in [0.1, 0.15) is 0 Å². The summed E-state index contributed by atoms with van der Waals surface area (Å²) in [5, 5.41) is 0. The molecule has 1 aromatic rings. The number of hydrogen-bond acceptors (Lipinski definition) is 3. The molecular weight excluding hydrogens is 219 g/mol. The van der Waals surface area contributed by atoms with Crippen LogP contribution in [0.15, 0.2) is 12.1 Å². The molecule has 0 aromatic heterocycles. The lowest BCUT2D eigenvalue weighted by Crippen LogP contribution is -2.20. The van der Waals surface area contributed by atoms with E-state index in [0.29, 0.717) is 12.3 Å². The summed E-state index contributed by atoms with van der Waals surface area (Å²) in [6.07, 6.45) is 2.20. The van der Waals surface area contributed by atoms with E-state index in [1.807, 2.05) is 18.9 Å². The third-order valence-electron chi connectivity index (χ3n) is 2.64. The van der Waals surface area contributed by atoms with Crippen molar-refractivity contribution in [1.82, 2.24) is 0 Å². The van der Waals surface area contributed by atoms with Crippen LogP contribution in [-0.2, 0) is 0 Å². The molecule has 0 aliphatic rings. The second kappa shape index (κ2) is 6.33. The molecule has 0 aliphatic carbocycles. The van der Waals surface area contributed by atoms with Gasteiger partial charge in [0, 0.05) is 25.7 Å². The summed E-state index contributed by atoms with van der Waals surface area (Å²) in [4.78, 5) is 2.03. The van der Waals surface area contributed by atoms with E-state index in [9.17, 15) is 4.39 Å². The van der Waals surface area contributed by atoms with Crippen molar-refractivity contribution in [2.24, 2.45) is 0 Å². The van der Waals surface area contributed by atoms with E-state index < -0.39 is 5.82 Å². The summed E-state index contributed by atoms with van der Waals surface area (Å²) in [7, 11) is 1.95. The predicted octanol–water partition coefficient (Wildman–Crippen LogP) is 3.04. The minimum atomic E-state index is -0.406. The van der Waals surface area contributed by atoms with Crippen molar-refractivity contribution in [1.29, 1.82) is 0 Å². The average molecular weight is 240 g/mol. The van der Waals surface area contributed by atoms with E-state index in [1.54, 1.807) is 6.07 Å². The molecule has 17 heavy (non-hydrogen) atoms. The van der Waals surface area contributed by atoms with Crippen molar-refractivity contribution in [3.8, 4) is 5.75 Å². The fourth-order valence-electron chi connectivity index (χ4n) is 1.67. The minimum Gasteiger partial charge on any atom is -0.491 e. The van der Waals surface area contributed by atoms with Crippen LogP contribution in [0.5, 0.6) is 5.75 Å². The van der Waals surface area contributed by atoms with Crippen LogP contribution in [0.3, 0.4) is 0 Å². The highest BCUT2D eigenvalue weighted by Gasteiger charge is 2.11. The first-order valence-electron chi connectivity index (χ1n) is 6.03. The van der Waals surface area contributed by atoms with Gasteiger partial charge in [0.15, 0.2) is 11.6 Å². The monoisotopic (exact) mass is 240 g/mol. The number of rotatable bonds is 6. The van der Waals surface area contributed by atoms with Crippen molar-refractivity contribution in [3.05, 3.63) is 17.9 Å². The van der Waals surface area contributed by atoms with Crippen molar-refractivity contribution >= 4 is 11.4 Å². The fourth-order valence-corrected chi connectivity index (χ4v) is 1.67. The number of unbranched alkanes of at least 4 members (excludes halogenated alkanes) is 1. The predicted molar refractivity (Wildman–Crippen MR) is 70.2 cm³/mol. The fraction of sp³-hybridized carbons (Fsp3) is 0.538. The maximum Gasteiger partial charge on any atom is 0.167 e. The summed E-state index contributed by atoms with van der Waals surface area (Å²) in [6.45, 7) is 5.31. The number of halogens is 1. The molecule has 0 unspecified atom stereocenters. The van der Waals surface area contributed by atoms with Crippen LogP contribution in [0.4, 0.5) is 15.8 Å². The first-order chi connectivity index (χ1) is 8.10. The molecule has 0 fully saturated rings. The van der Waals surface area contributed by atoms with E-state index >= 15 is 0 Å². The van der Waals surface area contributed by atoms with Crippen LogP contribution < -0.4 is 15.4 Å². The number of nitrogens with zero attached hydrogens (tertiary/aromatic N) is 1. The maximum absolute atomic E-state index is 13.5. The van der Waals surface area contributed by atoms with Gasteiger partial charge in [-0.15, -0.1) is 0 Å². The zero-order valence-electron chi connectivity index (χ0n) is 10.8. The van der Waals surface area contributed by atoms with Crippen molar-refractivity contribution in [2.75, 3.05) is 30.8 Å². The lowest BCUT2D eigenvalue weighted by Gasteiger charge is -2.21. The Morgan fingerprint density at radius 1 is 1.35 bits per heavy atom. The molecule has 0 heterocycles. The van der Waals surface area contributed by atoms with E-state index in [-0.39, 0.29) is 5.75 Å². The van der Waals surface area contributed by atoms with Crippen LogP contribution in [0.25, 0.3) is 0 Å². The second-order valence-corrected chi connectivity index (χ2v) is 4.05. The lowest BCUT2D eigenvalue weighted by molar-refractivity contribution is 0.322. The molecule has 0 atom stereocenters. The zero-order valence-corrected chi connectivity index (χ0v) is 10.8. The lowest BCUT2D eigenvalue weighted by atomic mass is 10.2. The first kappa shape index (κ1) is 13.6. The van der Waals surface area contributed by atoms with Gasteiger partial charge in [-0.25, -0.2) is 4.39 Å². The van der Waals surface area contributed by atoms with Gasteiger partial charge in [0.2, 0.25) is 0 Å². The SMILES string of the molecule is CCCCN(C)c1cc(OCC)c(F)cc1N. The number of benzene rings is 1. The summed E-state index contributed by atoms with van der Waals surface area (Å²) in [5.41, 5.74) is 7.09. The van der Waals surface area contributed by atoms with Gasteiger partial charge in [-0.3, -0.25) is 0 Å².